The van der Waals surface area contributed by atoms with Crippen molar-refractivity contribution >= 4 is 15.1 Å². The Balaban J connectivity index is 4.97. The number of nitrogens with zero attached hydrogens (tertiary/aromatic N) is 1. The average Bonchev–Trinajstić information content (AvgIpc) is 2.25. The van der Waals surface area contributed by atoms with Gasteiger partial charge in [0.15, 0.2) is 0 Å². The average molecular weight is 251 g/mol. The minimum absolute atomic E-state index is 0.343. The standard InChI is InChI=1S/C9H21NO5Si/c1-5-8-10(9(11)12)16(13-4,14-6-2)15-7-3/h5-8H2,1-4H3,(H,11,12). The Morgan fingerprint density at radius 2 is 1.75 bits per heavy atom. The summed E-state index contributed by atoms with van der Waals surface area (Å²) < 4.78 is 17.3. The first kappa shape index (κ1) is 15.4. The molecule has 1 N–H and O–H groups in total. The molecule has 16 heavy (non-hydrogen) atoms. The van der Waals surface area contributed by atoms with Gasteiger partial charge in [-0.3, -0.25) is 4.57 Å². The second kappa shape index (κ2) is 7.61. The maximum Gasteiger partial charge on any atom is 0.638 e. The van der Waals surface area contributed by atoms with E-state index in [0.717, 1.165) is 4.57 Å². The molecule has 96 valence electrons. The van der Waals surface area contributed by atoms with Gasteiger partial charge >= 0.3 is 15.1 Å². The molecule has 0 aromatic carbocycles. The van der Waals surface area contributed by atoms with Crippen LogP contribution in [0.15, 0.2) is 0 Å². The molecule has 6 nitrogen and oxygen atoms in total. The Labute approximate surface area is 97.5 Å². The summed E-state index contributed by atoms with van der Waals surface area (Å²) in [4.78, 5) is 11.2. The van der Waals surface area contributed by atoms with Crippen molar-refractivity contribution in [3.8, 4) is 0 Å². The van der Waals surface area contributed by atoms with E-state index in [9.17, 15) is 4.79 Å². The molecule has 0 saturated heterocycles. The molecule has 0 bridgehead atoms. The molecule has 0 radical (unpaired) electrons. The van der Waals surface area contributed by atoms with Crippen LogP contribution in [0.3, 0.4) is 0 Å². The minimum Gasteiger partial charge on any atom is -0.465 e. The first-order valence-electron chi connectivity index (χ1n) is 5.41. The Bertz CT molecular complexity index is 208. The summed E-state index contributed by atoms with van der Waals surface area (Å²) >= 11 is 0. The zero-order chi connectivity index (χ0) is 12.6. The van der Waals surface area contributed by atoms with Crippen molar-refractivity contribution in [1.82, 2.24) is 4.57 Å². The summed E-state index contributed by atoms with van der Waals surface area (Å²) in [7, 11) is -1.83. The van der Waals surface area contributed by atoms with Crippen molar-refractivity contribution in [3.63, 3.8) is 0 Å². The van der Waals surface area contributed by atoms with E-state index in [1.165, 1.54) is 7.11 Å². The normalized spacial score (nSPS) is 11.5. The molecule has 0 aliphatic carbocycles. The SMILES string of the molecule is CCCN(C(=O)O)[Si](OC)(OCC)OCC. The van der Waals surface area contributed by atoms with E-state index >= 15 is 0 Å². The Morgan fingerprint density at radius 1 is 1.25 bits per heavy atom. The molecule has 0 saturated carbocycles. The van der Waals surface area contributed by atoms with E-state index in [-0.39, 0.29) is 0 Å². The van der Waals surface area contributed by atoms with Gasteiger partial charge in [0.05, 0.1) is 0 Å². The second-order valence-corrected chi connectivity index (χ2v) is 5.60. The van der Waals surface area contributed by atoms with Crippen LogP contribution in [0.5, 0.6) is 0 Å². The van der Waals surface area contributed by atoms with Gasteiger partial charge in [0.2, 0.25) is 0 Å². The van der Waals surface area contributed by atoms with Gasteiger partial charge in [0.25, 0.3) is 0 Å². The highest BCUT2D eigenvalue weighted by atomic mass is 28.4. The summed E-state index contributed by atoms with van der Waals surface area (Å²) in [6.45, 7) is 6.51. The van der Waals surface area contributed by atoms with Crippen molar-refractivity contribution < 1.29 is 23.2 Å². The molecule has 0 spiro atoms. The summed E-state index contributed by atoms with van der Waals surface area (Å²) in [5, 5.41) is 9.15. The fourth-order valence-corrected chi connectivity index (χ4v) is 3.68. The zero-order valence-corrected chi connectivity index (χ0v) is 11.4. The van der Waals surface area contributed by atoms with E-state index in [0.29, 0.717) is 26.2 Å². The number of carbonyl (C=O) groups is 1. The lowest BCUT2D eigenvalue weighted by molar-refractivity contribution is 0.0313. The topological polar surface area (TPSA) is 68.2 Å². The van der Waals surface area contributed by atoms with Crippen molar-refractivity contribution in [2.75, 3.05) is 26.9 Å². The van der Waals surface area contributed by atoms with Gasteiger partial charge in [0.1, 0.15) is 0 Å². The fraction of sp³-hybridized carbons (Fsp3) is 0.889. The number of rotatable bonds is 8. The molecule has 0 aromatic heterocycles. The predicted molar refractivity (Wildman–Crippen MR) is 61.0 cm³/mol. The lowest BCUT2D eigenvalue weighted by atomic mass is 10.5. The second-order valence-electron chi connectivity index (χ2n) is 3.03. The van der Waals surface area contributed by atoms with E-state index in [4.69, 9.17) is 18.4 Å². The Kier molecular flexibility index (Phi) is 7.31. The highest BCUT2D eigenvalue weighted by Crippen LogP contribution is 2.16. The van der Waals surface area contributed by atoms with Crippen LogP contribution in [0.4, 0.5) is 4.79 Å². The Morgan fingerprint density at radius 3 is 2.00 bits per heavy atom. The van der Waals surface area contributed by atoms with Crippen LogP contribution in [-0.4, -0.2) is 51.6 Å². The molecular weight excluding hydrogens is 230 g/mol. The van der Waals surface area contributed by atoms with Gasteiger partial charge in [0, 0.05) is 26.9 Å². The van der Waals surface area contributed by atoms with Crippen LogP contribution < -0.4 is 0 Å². The quantitative estimate of drug-likeness (QED) is 0.663. The van der Waals surface area contributed by atoms with Crippen LogP contribution in [0.2, 0.25) is 0 Å². The number of amides is 1. The molecule has 0 aliphatic heterocycles. The van der Waals surface area contributed by atoms with Gasteiger partial charge in [-0.05, 0) is 20.3 Å². The largest absolute Gasteiger partial charge is 0.638 e. The van der Waals surface area contributed by atoms with Crippen molar-refractivity contribution in [3.05, 3.63) is 0 Å². The molecule has 0 rings (SSSR count). The molecule has 0 unspecified atom stereocenters. The molecule has 0 aliphatic rings. The van der Waals surface area contributed by atoms with Crippen molar-refractivity contribution in [1.29, 1.82) is 0 Å². The summed E-state index contributed by atoms with van der Waals surface area (Å²) in [5.41, 5.74) is 0. The van der Waals surface area contributed by atoms with Gasteiger partial charge in [-0.15, -0.1) is 0 Å². The third-order valence-corrected chi connectivity index (χ3v) is 4.82. The molecule has 0 fully saturated rings. The number of hydrogen-bond acceptors (Lipinski definition) is 4. The van der Waals surface area contributed by atoms with Crippen molar-refractivity contribution in [2.24, 2.45) is 0 Å². The summed E-state index contributed by atoms with van der Waals surface area (Å²) in [5.74, 6) is 0. The van der Waals surface area contributed by atoms with Crippen molar-refractivity contribution in [2.45, 2.75) is 27.2 Å². The van der Waals surface area contributed by atoms with Crippen LogP contribution in [0, 0.1) is 0 Å². The third kappa shape index (κ3) is 3.74. The molecule has 0 atom stereocenters. The van der Waals surface area contributed by atoms with E-state index in [1.807, 2.05) is 6.92 Å². The molecule has 0 heterocycles. The molecule has 7 heteroatoms. The van der Waals surface area contributed by atoms with Crippen LogP contribution >= 0.6 is 0 Å². The highest BCUT2D eigenvalue weighted by molar-refractivity contribution is 6.60. The smallest absolute Gasteiger partial charge is 0.465 e. The van der Waals surface area contributed by atoms with Gasteiger partial charge in [-0.25, -0.2) is 4.79 Å². The minimum atomic E-state index is -3.25. The molecule has 0 aromatic rings. The summed E-state index contributed by atoms with van der Waals surface area (Å²) in [6, 6.07) is 0. The zero-order valence-electron chi connectivity index (χ0n) is 10.4. The van der Waals surface area contributed by atoms with Crippen LogP contribution in [0.1, 0.15) is 27.2 Å². The van der Waals surface area contributed by atoms with Crippen LogP contribution in [-0.2, 0) is 13.3 Å². The third-order valence-electron chi connectivity index (χ3n) is 1.92. The number of carboxylic acid groups (broad SMARTS) is 1. The van der Waals surface area contributed by atoms with Gasteiger partial charge < -0.3 is 18.4 Å². The fourth-order valence-electron chi connectivity index (χ4n) is 1.36. The Hall–Kier alpha value is -0.633. The summed E-state index contributed by atoms with van der Waals surface area (Å²) in [6.07, 6.45) is -0.387. The van der Waals surface area contributed by atoms with Gasteiger partial charge in [-0.1, -0.05) is 6.92 Å². The number of hydrogen-bond donors (Lipinski definition) is 1. The molecular formula is C9H21NO5Si. The highest BCUT2D eigenvalue weighted by Gasteiger charge is 2.51. The maximum absolute atomic E-state index is 11.2. The first-order chi connectivity index (χ1) is 7.57. The van der Waals surface area contributed by atoms with E-state index in [2.05, 4.69) is 0 Å². The monoisotopic (exact) mass is 251 g/mol. The van der Waals surface area contributed by atoms with E-state index < -0.39 is 15.1 Å². The van der Waals surface area contributed by atoms with E-state index in [1.54, 1.807) is 13.8 Å². The predicted octanol–water partition coefficient (Wildman–Crippen LogP) is 1.53. The lowest BCUT2D eigenvalue weighted by Crippen LogP contribution is -2.62. The first-order valence-corrected chi connectivity index (χ1v) is 7.08. The lowest BCUT2D eigenvalue weighted by Gasteiger charge is -2.34. The van der Waals surface area contributed by atoms with Crippen LogP contribution in [0.25, 0.3) is 0 Å². The molecule has 1 amide bonds. The maximum atomic E-state index is 11.2. The van der Waals surface area contributed by atoms with Gasteiger partial charge in [-0.2, -0.15) is 0 Å².